The molecule has 1 aliphatic carbocycles. The molecule has 0 spiro atoms. The molecule has 132 valence electrons. The minimum atomic E-state index is -0.587. The molecule has 0 aliphatic heterocycles. The summed E-state index contributed by atoms with van der Waals surface area (Å²) in [5.41, 5.74) is 3.73. The number of thiophene rings is 1. The molecule has 1 N–H and O–H groups in total. The molecule has 2 heterocycles. The van der Waals surface area contributed by atoms with Gasteiger partial charge in [-0.2, -0.15) is 0 Å². The topological polar surface area (TPSA) is 81.2 Å². The Kier molecular flexibility index (Phi) is 4.52. The molecule has 1 aromatic carbocycles. The Morgan fingerprint density at radius 1 is 1.23 bits per heavy atom. The summed E-state index contributed by atoms with van der Waals surface area (Å²) >= 11 is 2.43. The highest BCUT2D eigenvalue weighted by molar-refractivity contribution is 7.18. The summed E-state index contributed by atoms with van der Waals surface area (Å²) in [5, 5.41) is 6.81. The van der Waals surface area contributed by atoms with E-state index in [2.05, 4.69) is 27.0 Å². The second-order valence-corrected chi connectivity index (χ2v) is 7.55. The van der Waals surface area contributed by atoms with Gasteiger partial charge in [0.05, 0.1) is 11.5 Å². The number of anilines is 1. The van der Waals surface area contributed by atoms with Gasteiger partial charge in [-0.25, -0.2) is 4.79 Å². The first-order chi connectivity index (χ1) is 12.7. The number of carbonyl (C=O) groups excluding carboxylic acids is 2. The zero-order chi connectivity index (χ0) is 18.1. The number of hydrogen-bond acceptors (Lipinski definition) is 7. The molecule has 0 unspecified atom stereocenters. The summed E-state index contributed by atoms with van der Waals surface area (Å²) in [7, 11) is 0. The number of amides is 1. The fourth-order valence-electron chi connectivity index (χ4n) is 2.95. The second-order valence-electron chi connectivity index (χ2n) is 5.75. The van der Waals surface area contributed by atoms with Crippen LogP contribution in [0.15, 0.2) is 30.3 Å². The van der Waals surface area contributed by atoms with Crippen LogP contribution in [0, 0.1) is 0 Å². The second kappa shape index (κ2) is 6.97. The molecule has 2 aromatic heterocycles. The lowest BCUT2D eigenvalue weighted by molar-refractivity contribution is 0.0520. The lowest BCUT2D eigenvalue weighted by Gasteiger charge is -2.15. The number of rotatable bonds is 4. The van der Waals surface area contributed by atoms with Crippen molar-refractivity contribution in [3.05, 3.63) is 52.0 Å². The Balaban J connectivity index is 1.59. The van der Waals surface area contributed by atoms with Crippen LogP contribution in [-0.4, -0.2) is 28.1 Å². The molecule has 0 saturated carbocycles. The molecule has 0 atom stereocenters. The van der Waals surface area contributed by atoms with Crippen molar-refractivity contribution in [3.8, 4) is 10.4 Å². The van der Waals surface area contributed by atoms with Crippen molar-refractivity contribution in [2.75, 3.05) is 11.9 Å². The van der Waals surface area contributed by atoms with Crippen molar-refractivity contribution in [1.82, 2.24) is 9.59 Å². The van der Waals surface area contributed by atoms with E-state index in [0.29, 0.717) is 9.88 Å². The van der Waals surface area contributed by atoms with Gasteiger partial charge in [0.1, 0.15) is 0 Å². The maximum Gasteiger partial charge on any atom is 0.362 e. The highest BCUT2D eigenvalue weighted by atomic mass is 32.1. The molecule has 6 nitrogen and oxygen atoms in total. The van der Waals surface area contributed by atoms with E-state index in [1.54, 1.807) is 6.92 Å². The first-order valence-electron chi connectivity index (χ1n) is 8.19. The van der Waals surface area contributed by atoms with Gasteiger partial charge < -0.3 is 10.1 Å². The lowest BCUT2D eigenvalue weighted by Crippen LogP contribution is -2.14. The normalized spacial score (nSPS) is 12.2. The SMILES string of the molecule is CCOC(=O)c1nnsc1NC(=O)c1cc2c(s1)-c1ccccc1CC2. The first-order valence-corrected chi connectivity index (χ1v) is 9.78. The maximum absolute atomic E-state index is 12.7. The Labute approximate surface area is 158 Å². The van der Waals surface area contributed by atoms with Crippen molar-refractivity contribution < 1.29 is 14.3 Å². The van der Waals surface area contributed by atoms with E-state index in [4.69, 9.17) is 4.74 Å². The summed E-state index contributed by atoms with van der Waals surface area (Å²) in [6.45, 7) is 1.95. The Morgan fingerprint density at radius 3 is 2.88 bits per heavy atom. The van der Waals surface area contributed by atoms with Crippen LogP contribution in [0.25, 0.3) is 10.4 Å². The molecule has 1 aliphatic rings. The quantitative estimate of drug-likeness (QED) is 0.691. The molecule has 0 fully saturated rings. The predicted molar refractivity (Wildman–Crippen MR) is 101 cm³/mol. The number of carbonyl (C=O) groups is 2. The van der Waals surface area contributed by atoms with E-state index in [0.717, 1.165) is 29.3 Å². The summed E-state index contributed by atoms with van der Waals surface area (Å²) in [4.78, 5) is 26.3. The van der Waals surface area contributed by atoms with E-state index >= 15 is 0 Å². The van der Waals surface area contributed by atoms with Crippen LogP contribution in [0.2, 0.25) is 0 Å². The molecule has 3 aromatic rings. The van der Waals surface area contributed by atoms with Gasteiger partial charge in [0.15, 0.2) is 5.00 Å². The molecular formula is C18H15N3O3S2. The third kappa shape index (κ3) is 3.02. The smallest absolute Gasteiger partial charge is 0.362 e. The molecule has 1 amide bonds. The minimum Gasteiger partial charge on any atom is -0.461 e. The average molecular weight is 385 g/mol. The molecule has 26 heavy (non-hydrogen) atoms. The largest absolute Gasteiger partial charge is 0.461 e. The predicted octanol–water partition coefficient (Wildman–Crippen LogP) is 3.79. The monoisotopic (exact) mass is 385 g/mol. The van der Waals surface area contributed by atoms with Crippen LogP contribution in [0.5, 0.6) is 0 Å². The van der Waals surface area contributed by atoms with Crippen molar-refractivity contribution in [2.24, 2.45) is 0 Å². The van der Waals surface area contributed by atoms with Crippen molar-refractivity contribution in [1.29, 1.82) is 0 Å². The Morgan fingerprint density at radius 2 is 2.04 bits per heavy atom. The van der Waals surface area contributed by atoms with E-state index in [9.17, 15) is 9.59 Å². The third-order valence-electron chi connectivity index (χ3n) is 4.14. The highest BCUT2D eigenvalue weighted by Gasteiger charge is 2.24. The highest BCUT2D eigenvalue weighted by Crippen LogP contribution is 2.39. The van der Waals surface area contributed by atoms with Gasteiger partial charge in [0.25, 0.3) is 5.91 Å². The van der Waals surface area contributed by atoms with Crippen LogP contribution >= 0.6 is 22.9 Å². The number of nitrogens with one attached hydrogen (secondary N) is 1. The number of benzene rings is 1. The third-order valence-corrected chi connectivity index (χ3v) is 5.99. The number of aryl methyl sites for hydroxylation is 2. The number of ether oxygens (including phenoxy) is 1. The molecular weight excluding hydrogens is 370 g/mol. The number of aromatic nitrogens is 2. The zero-order valence-corrected chi connectivity index (χ0v) is 15.6. The first kappa shape index (κ1) is 16.9. The van der Waals surface area contributed by atoms with Gasteiger partial charge in [-0.05, 0) is 42.5 Å². The van der Waals surface area contributed by atoms with E-state index in [-0.39, 0.29) is 18.2 Å². The standard InChI is InChI=1S/C18H15N3O3S2/c1-2-24-18(23)14-17(26-21-20-14)19-16(22)13-9-11-8-7-10-5-3-4-6-12(10)15(11)25-13/h3-6,9H,2,7-8H2,1H3,(H,19,22). The number of esters is 1. The van der Waals surface area contributed by atoms with Crippen LogP contribution in [-0.2, 0) is 17.6 Å². The van der Waals surface area contributed by atoms with Gasteiger partial charge in [-0.1, -0.05) is 28.8 Å². The van der Waals surface area contributed by atoms with Crippen LogP contribution in [0.3, 0.4) is 0 Å². The number of fused-ring (bicyclic) bond motifs is 3. The molecule has 0 bridgehead atoms. The number of nitrogens with zero attached hydrogens (tertiary/aromatic N) is 2. The van der Waals surface area contributed by atoms with Crippen LogP contribution < -0.4 is 5.32 Å². The van der Waals surface area contributed by atoms with E-state index in [1.165, 1.54) is 28.0 Å². The molecule has 0 saturated heterocycles. The summed E-state index contributed by atoms with van der Waals surface area (Å²) in [6.07, 6.45) is 1.90. The average Bonchev–Trinajstić information content (AvgIpc) is 3.28. The molecule has 4 rings (SSSR count). The summed E-state index contributed by atoms with van der Waals surface area (Å²) in [5.74, 6) is -0.852. The van der Waals surface area contributed by atoms with Gasteiger partial charge in [0, 0.05) is 16.4 Å². The number of hydrogen-bond donors (Lipinski definition) is 1. The fraction of sp³-hybridized carbons (Fsp3) is 0.222. The minimum absolute atomic E-state index is 0.0388. The fourth-order valence-corrected chi connectivity index (χ4v) is 4.67. The van der Waals surface area contributed by atoms with Gasteiger partial charge in [-0.15, -0.1) is 16.4 Å². The van der Waals surface area contributed by atoms with E-state index < -0.39 is 5.97 Å². The van der Waals surface area contributed by atoms with Crippen molar-refractivity contribution in [2.45, 2.75) is 19.8 Å². The van der Waals surface area contributed by atoms with Crippen LogP contribution in [0.4, 0.5) is 5.00 Å². The van der Waals surface area contributed by atoms with E-state index in [1.807, 2.05) is 18.2 Å². The summed E-state index contributed by atoms with van der Waals surface area (Å²) in [6, 6.07) is 10.2. The van der Waals surface area contributed by atoms with Crippen molar-refractivity contribution >= 4 is 39.7 Å². The van der Waals surface area contributed by atoms with Crippen molar-refractivity contribution in [3.63, 3.8) is 0 Å². The zero-order valence-electron chi connectivity index (χ0n) is 13.9. The van der Waals surface area contributed by atoms with Gasteiger partial charge in [-0.3, -0.25) is 4.79 Å². The van der Waals surface area contributed by atoms with Crippen LogP contribution in [0.1, 0.15) is 38.2 Å². The van der Waals surface area contributed by atoms with Gasteiger partial charge in [0.2, 0.25) is 5.69 Å². The summed E-state index contributed by atoms with van der Waals surface area (Å²) < 4.78 is 8.68. The molecule has 8 heteroatoms. The van der Waals surface area contributed by atoms with Gasteiger partial charge >= 0.3 is 5.97 Å². The lowest BCUT2D eigenvalue weighted by atomic mass is 9.91. The maximum atomic E-state index is 12.7. The Bertz CT molecular complexity index is 993. The molecule has 0 radical (unpaired) electrons. The Hall–Kier alpha value is -2.58.